The Hall–Kier alpha value is -0.850. The fourth-order valence-electron chi connectivity index (χ4n) is 1.22. The van der Waals surface area contributed by atoms with E-state index in [1.54, 1.807) is 0 Å². The van der Waals surface area contributed by atoms with Gasteiger partial charge in [-0.1, -0.05) is 18.2 Å². The average Bonchev–Trinajstić information content (AvgIpc) is 2.34. The molecule has 0 saturated heterocycles. The zero-order valence-corrected chi connectivity index (χ0v) is 6.26. The van der Waals surface area contributed by atoms with Crippen LogP contribution in [-0.4, -0.2) is 6.29 Å². The second-order valence-electron chi connectivity index (χ2n) is 2.88. The van der Waals surface area contributed by atoms with E-state index in [0.717, 1.165) is 24.7 Å². The molecule has 0 aromatic heterocycles. The van der Waals surface area contributed by atoms with Crippen molar-refractivity contribution in [2.75, 3.05) is 0 Å². The molecule has 0 saturated carbocycles. The molecule has 1 rings (SSSR count). The Kier molecular flexibility index (Phi) is 2.05. The molecule has 1 aliphatic rings. The molecule has 0 N–H and O–H groups in total. The van der Waals surface area contributed by atoms with Crippen molar-refractivity contribution in [1.29, 1.82) is 0 Å². The van der Waals surface area contributed by atoms with Gasteiger partial charge in [-0.2, -0.15) is 0 Å². The first-order chi connectivity index (χ1) is 4.74. The highest BCUT2D eigenvalue weighted by atomic mass is 16.1. The number of hydrogen-bond donors (Lipinski definition) is 0. The van der Waals surface area contributed by atoms with Crippen LogP contribution in [0.2, 0.25) is 0 Å². The van der Waals surface area contributed by atoms with Crippen LogP contribution in [0.3, 0.4) is 0 Å². The van der Waals surface area contributed by atoms with Gasteiger partial charge in [0.2, 0.25) is 0 Å². The highest BCUT2D eigenvalue weighted by molar-refractivity contribution is 5.74. The van der Waals surface area contributed by atoms with Crippen LogP contribution in [0, 0.1) is 5.92 Å². The van der Waals surface area contributed by atoms with Crippen molar-refractivity contribution in [3.63, 3.8) is 0 Å². The molecule has 0 radical (unpaired) electrons. The van der Waals surface area contributed by atoms with Gasteiger partial charge in [0.15, 0.2) is 0 Å². The molecule has 1 aliphatic carbocycles. The fraction of sp³-hybridized carbons (Fsp3) is 0.444. The molecule has 1 heteroatoms. The minimum absolute atomic E-state index is 0.528. The van der Waals surface area contributed by atoms with Gasteiger partial charge < -0.3 is 0 Å². The van der Waals surface area contributed by atoms with E-state index in [-0.39, 0.29) is 0 Å². The van der Waals surface area contributed by atoms with E-state index in [1.165, 1.54) is 5.57 Å². The van der Waals surface area contributed by atoms with Crippen molar-refractivity contribution in [1.82, 2.24) is 0 Å². The third-order valence-electron chi connectivity index (χ3n) is 1.99. The number of carbonyl (C=O) groups is 1. The van der Waals surface area contributed by atoms with Gasteiger partial charge in [-0.25, -0.2) is 0 Å². The summed E-state index contributed by atoms with van der Waals surface area (Å²) in [6.45, 7) is 5.88. The van der Waals surface area contributed by atoms with Crippen LogP contribution in [0.25, 0.3) is 0 Å². The van der Waals surface area contributed by atoms with Crippen molar-refractivity contribution in [2.24, 2.45) is 5.92 Å². The Balaban J connectivity index is 2.51. The van der Waals surface area contributed by atoms with E-state index in [9.17, 15) is 4.79 Å². The number of carbonyl (C=O) groups excluding carboxylic acids is 1. The summed E-state index contributed by atoms with van der Waals surface area (Å²) in [6.07, 6.45) is 4.86. The summed E-state index contributed by atoms with van der Waals surface area (Å²) >= 11 is 0. The number of allylic oxidation sites excluding steroid dienone is 3. The Morgan fingerprint density at radius 2 is 2.60 bits per heavy atom. The van der Waals surface area contributed by atoms with Crippen LogP contribution in [0.1, 0.15) is 19.8 Å². The van der Waals surface area contributed by atoms with E-state index in [1.807, 2.05) is 13.0 Å². The first kappa shape index (κ1) is 7.26. The van der Waals surface area contributed by atoms with E-state index in [0.29, 0.717) is 5.92 Å². The van der Waals surface area contributed by atoms with Crippen LogP contribution in [-0.2, 0) is 4.79 Å². The van der Waals surface area contributed by atoms with Gasteiger partial charge in [-0.3, -0.25) is 4.79 Å². The van der Waals surface area contributed by atoms with E-state index in [4.69, 9.17) is 0 Å². The third kappa shape index (κ3) is 1.35. The molecular formula is C9H12O. The van der Waals surface area contributed by atoms with Gasteiger partial charge in [0.05, 0.1) is 0 Å². The Labute approximate surface area is 61.4 Å². The molecule has 0 bridgehead atoms. The molecule has 0 spiro atoms. The lowest BCUT2D eigenvalue weighted by molar-refractivity contribution is -0.105. The number of aldehydes is 1. The molecule has 1 nitrogen and oxygen atoms in total. The van der Waals surface area contributed by atoms with Crippen LogP contribution in [0.5, 0.6) is 0 Å². The normalized spacial score (nSPS) is 24.1. The second kappa shape index (κ2) is 2.82. The highest BCUT2D eigenvalue weighted by Crippen LogP contribution is 2.28. The van der Waals surface area contributed by atoms with Crippen molar-refractivity contribution in [3.05, 3.63) is 23.8 Å². The van der Waals surface area contributed by atoms with Gasteiger partial charge in [0.25, 0.3) is 0 Å². The second-order valence-corrected chi connectivity index (χ2v) is 2.88. The standard InChI is InChI=1S/C9H12O/c1-7(2)9-4-3-8(5-9)6-10/h3,6,9H,1,4-5H2,2H3/t9-/m1/s1. The summed E-state index contributed by atoms with van der Waals surface area (Å²) in [7, 11) is 0. The summed E-state index contributed by atoms with van der Waals surface area (Å²) in [6, 6.07) is 0. The third-order valence-corrected chi connectivity index (χ3v) is 1.99. The fourth-order valence-corrected chi connectivity index (χ4v) is 1.22. The molecule has 0 aromatic carbocycles. The Morgan fingerprint density at radius 3 is 2.90 bits per heavy atom. The van der Waals surface area contributed by atoms with Crippen molar-refractivity contribution < 1.29 is 4.79 Å². The maximum absolute atomic E-state index is 10.3. The van der Waals surface area contributed by atoms with Gasteiger partial charge >= 0.3 is 0 Å². The molecule has 0 aromatic rings. The van der Waals surface area contributed by atoms with Crippen LogP contribution >= 0.6 is 0 Å². The highest BCUT2D eigenvalue weighted by Gasteiger charge is 2.16. The zero-order chi connectivity index (χ0) is 7.56. The van der Waals surface area contributed by atoms with E-state index < -0.39 is 0 Å². The summed E-state index contributed by atoms with van der Waals surface area (Å²) in [5, 5.41) is 0. The van der Waals surface area contributed by atoms with Crippen LogP contribution in [0.4, 0.5) is 0 Å². The van der Waals surface area contributed by atoms with Crippen molar-refractivity contribution in [3.8, 4) is 0 Å². The average molecular weight is 136 g/mol. The molecule has 1 atom stereocenters. The smallest absolute Gasteiger partial charge is 0.145 e. The zero-order valence-electron chi connectivity index (χ0n) is 6.26. The molecule has 54 valence electrons. The maximum Gasteiger partial charge on any atom is 0.145 e. The summed E-state index contributed by atoms with van der Waals surface area (Å²) in [5.41, 5.74) is 2.13. The predicted octanol–water partition coefficient (Wildman–Crippen LogP) is 2.10. The Morgan fingerprint density at radius 1 is 1.90 bits per heavy atom. The number of rotatable bonds is 2. The Bertz CT molecular complexity index is 189. The summed E-state index contributed by atoms with van der Waals surface area (Å²) in [5.74, 6) is 0.528. The predicted molar refractivity (Wildman–Crippen MR) is 41.7 cm³/mol. The molecule has 0 unspecified atom stereocenters. The molecular weight excluding hydrogens is 124 g/mol. The van der Waals surface area contributed by atoms with Crippen LogP contribution < -0.4 is 0 Å². The van der Waals surface area contributed by atoms with Gasteiger partial charge in [-0.05, 0) is 31.3 Å². The lowest BCUT2D eigenvalue weighted by atomic mass is 9.99. The van der Waals surface area contributed by atoms with E-state index in [2.05, 4.69) is 6.58 Å². The minimum Gasteiger partial charge on any atom is -0.298 e. The van der Waals surface area contributed by atoms with Gasteiger partial charge in [0.1, 0.15) is 6.29 Å². The van der Waals surface area contributed by atoms with Crippen molar-refractivity contribution in [2.45, 2.75) is 19.8 Å². The maximum atomic E-state index is 10.3. The minimum atomic E-state index is 0.528. The molecule has 0 amide bonds. The molecule has 0 fully saturated rings. The van der Waals surface area contributed by atoms with E-state index >= 15 is 0 Å². The van der Waals surface area contributed by atoms with Gasteiger partial charge in [0, 0.05) is 0 Å². The first-order valence-electron chi connectivity index (χ1n) is 3.53. The SMILES string of the molecule is C=C(C)[C@@H]1CC=C(C=O)C1. The lowest BCUT2D eigenvalue weighted by Crippen LogP contribution is -1.94. The monoisotopic (exact) mass is 136 g/mol. The van der Waals surface area contributed by atoms with Crippen molar-refractivity contribution >= 4 is 6.29 Å². The molecule has 0 heterocycles. The number of hydrogen-bond acceptors (Lipinski definition) is 1. The van der Waals surface area contributed by atoms with Gasteiger partial charge in [-0.15, -0.1) is 0 Å². The lowest BCUT2D eigenvalue weighted by Gasteiger charge is -2.06. The summed E-state index contributed by atoms with van der Waals surface area (Å²) in [4.78, 5) is 10.3. The largest absolute Gasteiger partial charge is 0.298 e. The van der Waals surface area contributed by atoms with Crippen LogP contribution in [0.15, 0.2) is 23.8 Å². The summed E-state index contributed by atoms with van der Waals surface area (Å²) < 4.78 is 0. The first-order valence-corrected chi connectivity index (χ1v) is 3.53. The molecule has 0 aliphatic heterocycles. The quantitative estimate of drug-likeness (QED) is 0.419. The molecule has 10 heavy (non-hydrogen) atoms. The topological polar surface area (TPSA) is 17.1 Å².